The van der Waals surface area contributed by atoms with Gasteiger partial charge in [0.25, 0.3) is 0 Å². The lowest BCUT2D eigenvalue weighted by molar-refractivity contribution is 0.221. The molecule has 0 saturated carbocycles. The third kappa shape index (κ3) is 2.37. The van der Waals surface area contributed by atoms with Gasteiger partial charge in [-0.05, 0) is 53.3 Å². The predicted octanol–water partition coefficient (Wildman–Crippen LogP) is 2.55. The fourth-order valence-corrected chi connectivity index (χ4v) is 3.59. The molecule has 2 aromatic rings. The summed E-state index contributed by atoms with van der Waals surface area (Å²) in [5.74, 6) is 2.56. The maximum atomic E-state index is 4.81. The van der Waals surface area contributed by atoms with E-state index in [2.05, 4.69) is 40.1 Å². The molecule has 18 heavy (non-hydrogen) atoms. The van der Waals surface area contributed by atoms with Crippen LogP contribution in [0.15, 0.2) is 22.8 Å². The van der Waals surface area contributed by atoms with Gasteiger partial charge in [0, 0.05) is 12.6 Å². The zero-order chi connectivity index (χ0) is 12.4. The van der Waals surface area contributed by atoms with Crippen LogP contribution >= 0.6 is 11.8 Å². The molecule has 5 heteroatoms. The summed E-state index contributed by atoms with van der Waals surface area (Å²) in [6.07, 6.45) is 2.57. The molecular weight excluding hydrogens is 246 g/mol. The van der Waals surface area contributed by atoms with Crippen molar-refractivity contribution in [1.29, 1.82) is 0 Å². The van der Waals surface area contributed by atoms with E-state index in [1.165, 1.54) is 29.9 Å². The van der Waals surface area contributed by atoms with Gasteiger partial charge in [0.2, 0.25) is 0 Å². The molecule has 1 aromatic heterocycles. The molecule has 0 atom stereocenters. The number of hydrogen-bond acceptors (Lipinski definition) is 5. The normalized spacial score (nSPS) is 17.7. The van der Waals surface area contributed by atoms with Gasteiger partial charge in [-0.15, -0.1) is 0 Å². The highest BCUT2D eigenvalue weighted by Crippen LogP contribution is 2.23. The van der Waals surface area contributed by atoms with E-state index in [1.807, 2.05) is 12.1 Å². The fourth-order valence-electron chi connectivity index (χ4n) is 2.51. The highest BCUT2D eigenvalue weighted by atomic mass is 32.2. The Labute approximate surface area is 111 Å². The standard InChI is InChI=1S/C13H17N3OS/c1-16(11-5-7-18-8-6-11)9-10-3-2-4-12-13(10)15-17-14-12/h2-4,11H,5-9H2,1H3. The molecule has 0 unspecified atom stereocenters. The number of fused-ring (bicyclic) bond motifs is 1. The minimum atomic E-state index is 0.696. The van der Waals surface area contributed by atoms with Crippen LogP contribution < -0.4 is 0 Å². The molecule has 0 amide bonds. The third-order valence-electron chi connectivity index (χ3n) is 3.60. The number of thioether (sulfide) groups is 1. The van der Waals surface area contributed by atoms with E-state index < -0.39 is 0 Å². The smallest absolute Gasteiger partial charge is 0.139 e. The summed E-state index contributed by atoms with van der Waals surface area (Å²) in [7, 11) is 2.20. The average Bonchev–Trinajstić information content (AvgIpc) is 2.89. The highest BCUT2D eigenvalue weighted by Gasteiger charge is 2.19. The summed E-state index contributed by atoms with van der Waals surface area (Å²) in [5, 5.41) is 7.89. The van der Waals surface area contributed by atoms with Crippen LogP contribution in [0, 0.1) is 0 Å². The van der Waals surface area contributed by atoms with Gasteiger partial charge in [-0.2, -0.15) is 11.8 Å². The maximum Gasteiger partial charge on any atom is 0.139 e. The molecule has 0 N–H and O–H groups in total. The van der Waals surface area contributed by atoms with Crippen LogP contribution in [0.1, 0.15) is 18.4 Å². The molecule has 2 heterocycles. The molecule has 0 spiro atoms. The number of aromatic nitrogens is 2. The van der Waals surface area contributed by atoms with Gasteiger partial charge in [-0.3, -0.25) is 4.90 Å². The van der Waals surface area contributed by atoms with Crippen LogP contribution in [-0.2, 0) is 6.54 Å². The van der Waals surface area contributed by atoms with Crippen molar-refractivity contribution >= 4 is 22.8 Å². The number of hydrogen-bond donors (Lipinski definition) is 0. The highest BCUT2D eigenvalue weighted by molar-refractivity contribution is 7.99. The molecule has 0 radical (unpaired) electrons. The largest absolute Gasteiger partial charge is 0.299 e. The van der Waals surface area contributed by atoms with Gasteiger partial charge < -0.3 is 0 Å². The SMILES string of the molecule is CN(Cc1cccc2nonc12)C1CCSCC1. The second-order valence-corrected chi connectivity index (χ2v) is 6.03. The molecule has 3 rings (SSSR count). The summed E-state index contributed by atoms with van der Waals surface area (Å²) in [5.41, 5.74) is 2.95. The summed E-state index contributed by atoms with van der Waals surface area (Å²) in [4.78, 5) is 2.43. The fraction of sp³-hybridized carbons (Fsp3) is 0.538. The first-order chi connectivity index (χ1) is 8.84. The average molecular weight is 263 g/mol. The Kier molecular flexibility index (Phi) is 3.52. The first kappa shape index (κ1) is 12.0. The van der Waals surface area contributed by atoms with Gasteiger partial charge >= 0.3 is 0 Å². The van der Waals surface area contributed by atoms with Crippen molar-refractivity contribution in [2.24, 2.45) is 0 Å². The van der Waals surface area contributed by atoms with Crippen LogP contribution in [0.3, 0.4) is 0 Å². The monoisotopic (exact) mass is 263 g/mol. The van der Waals surface area contributed by atoms with Crippen molar-refractivity contribution in [2.75, 3.05) is 18.6 Å². The first-order valence-electron chi connectivity index (χ1n) is 6.33. The lowest BCUT2D eigenvalue weighted by Crippen LogP contribution is -2.34. The summed E-state index contributed by atoms with van der Waals surface area (Å²) in [6.45, 7) is 0.918. The summed E-state index contributed by atoms with van der Waals surface area (Å²) >= 11 is 2.06. The van der Waals surface area contributed by atoms with E-state index in [-0.39, 0.29) is 0 Å². The zero-order valence-electron chi connectivity index (χ0n) is 10.5. The van der Waals surface area contributed by atoms with E-state index in [9.17, 15) is 0 Å². The van der Waals surface area contributed by atoms with Gasteiger partial charge in [0.1, 0.15) is 11.0 Å². The Balaban J connectivity index is 1.77. The van der Waals surface area contributed by atoms with Crippen LogP contribution in [0.4, 0.5) is 0 Å². The predicted molar refractivity (Wildman–Crippen MR) is 73.6 cm³/mol. The van der Waals surface area contributed by atoms with Crippen molar-refractivity contribution in [3.8, 4) is 0 Å². The van der Waals surface area contributed by atoms with Crippen LogP contribution in [-0.4, -0.2) is 39.8 Å². The molecule has 1 aliphatic heterocycles. The lowest BCUT2D eigenvalue weighted by Gasteiger charge is -2.30. The van der Waals surface area contributed by atoms with Crippen molar-refractivity contribution in [2.45, 2.75) is 25.4 Å². The van der Waals surface area contributed by atoms with Crippen LogP contribution in [0.25, 0.3) is 11.0 Å². The summed E-state index contributed by atoms with van der Waals surface area (Å²) in [6, 6.07) is 6.76. The topological polar surface area (TPSA) is 42.2 Å². The Bertz CT molecular complexity index is 522. The minimum Gasteiger partial charge on any atom is -0.299 e. The number of benzene rings is 1. The van der Waals surface area contributed by atoms with Gasteiger partial charge in [-0.25, -0.2) is 4.63 Å². The van der Waals surface area contributed by atoms with Crippen molar-refractivity contribution in [3.63, 3.8) is 0 Å². The Morgan fingerprint density at radius 1 is 1.33 bits per heavy atom. The van der Waals surface area contributed by atoms with Crippen molar-refractivity contribution in [1.82, 2.24) is 15.2 Å². The Hall–Kier alpha value is -1.07. The molecular formula is C13H17N3OS. The molecule has 1 aromatic carbocycles. The lowest BCUT2D eigenvalue weighted by atomic mass is 10.1. The minimum absolute atomic E-state index is 0.696. The molecule has 0 aliphatic carbocycles. The molecule has 4 nitrogen and oxygen atoms in total. The quantitative estimate of drug-likeness (QED) is 0.851. The number of nitrogens with zero attached hydrogens (tertiary/aromatic N) is 3. The van der Waals surface area contributed by atoms with Crippen molar-refractivity contribution < 1.29 is 4.63 Å². The van der Waals surface area contributed by atoms with Gasteiger partial charge in [0.15, 0.2) is 0 Å². The zero-order valence-corrected chi connectivity index (χ0v) is 11.3. The van der Waals surface area contributed by atoms with Crippen LogP contribution in [0.2, 0.25) is 0 Å². The first-order valence-corrected chi connectivity index (χ1v) is 7.48. The van der Waals surface area contributed by atoms with E-state index in [0.29, 0.717) is 6.04 Å². The number of rotatable bonds is 3. The van der Waals surface area contributed by atoms with Crippen molar-refractivity contribution in [3.05, 3.63) is 23.8 Å². The van der Waals surface area contributed by atoms with Crippen LogP contribution in [0.5, 0.6) is 0 Å². The molecule has 96 valence electrons. The van der Waals surface area contributed by atoms with E-state index >= 15 is 0 Å². The second-order valence-electron chi connectivity index (χ2n) is 4.81. The molecule has 1 aliphatic rings. The van der Waals surface area contributed by atoms with Gasteiger partial charge in [0.05, 0.1) is 0 Å². The Morgan fingerprint density at radius 2 is 2.17 bits per heavy atom. The van der Waals surface area contributed by atoms with Gasteiger partial charge in [-0.1, -0.05) is 12.1 Å². The molecule has 1 fully saturated rings. The molecule has 0 bridgehead atoms. The van der Waals surface area contributed by atoms with E-state index in [1.54, 1.807) is 0 Å². The maximum absolute atomic E-state index is 4.81. The Morgan fingerprint density at radius 3 is 3.00 bits per heavy atom. The molecule has 1 saturated heterocycles. The van der Waals surface area contributed by atoms with E-state index in [4.69, 9.17) is 4.63 Å². The second kappa shape index (κ2) is 5.28. The summed E-state index contributed by atoms with van der Waals surface area (Å²) < 4.78 is 4.81. The third-order valence-corrected chi connectivity index (χ3v) is 4.65. The van der Waals surface area contributed by atoms with E-state index in [0.717, 1.165) is 17.6 Å².